The summed E-state index contributed by atoms with van der Waals surface area (Å²) in [5.74, 6) is 0.973. The molecule has 0 fully saturated rings. The quantitative estimate of drug-likeness (QED) is 0.105. The van der Waals surface area contributed by atoms with Crippen LogP contribution < -0.4 is 0 Å². The zero-order valence-electron chi connectivity index (χ0n) is 21.3. The van der Waals surface area contributed by atoms with Crippen molar-refractivity contribution in [3.05, 3.63) is 11.6 Å². The van der Waals surface area contributed by atoms with E-state index >= 15 is 0 Å². The van der Waals surface area contributed by atoms with Gasteiger partial charge in [0.2, 0.25) is 0 Å². The van der Waals surface area contributed by atoms with Gasteiger partial charge in [0, 0.05) is 5.57 Å². The molecule has 0 saturated carbocycles. The molecule has 178 valence electrons. The van der Waals surface area contributed by atoms with Gasteiger partial charge in [-0.1, -0.05) is 136 Å². The molecule has 0 aromatic carbocycles. The number of ether oxygens (including phenoxy) is 1. The van der Waals surface area contributed by atoms with Gasteiger partial charge in [0.25, 0.3) is 0 Å². The third-order valence-corrected chi connectivity index (χ3v) is 6.37. The third-order valence-electron chi connectivity index (χ3n) is 6.37. The first-order valence-corrected chi connectivity index (χ1v) is 13.3. The molecule has 0 saturated heterocycles. The maximum absolute atomic E-state index is 11.5. The summed E-state index contributed by atoms with van der Waals surface area (Å²) >= 11 is 0. The summed E-state index contributed by atoms with van der Waals surface area (Å²) in [6.45, 7) is 8.70. The van der Waals surface area contributed by atoms with Crippen LogP contribution in [0.4, 0.5) is 0 Å². The SMILES string of the molecule is CCCCCCCCCCCCCCCCCC[C@H](C)C[C@H](C)/C=C(\C)C(=O)OC. The van der Waals surface area contributed by atoms with Gasteiger partial charge in [0.05, 0.1) is 7.11 Å². The lowest BCUT2D eigenvalue weighted by Crippen LogP contribution is -2.06. The highest BCUT2D eigenvalue weighted by atomic mass is 16.5. The van der Waals surface area contributed by atoms with E-state index < -0.39 is 0 Å². The van der Waals surface area contributed by atoms with Gasteiger partial charge in [0.1, 0.15) is 0 Å². The van der Waals surface area contributed by atoms with Crippen molar-refractivity contribution in [2.24, 2.45) is 11.8 Å². The van der Waals surface area contributed by atoms with E-state index in [1.54, 1.807) is 0 Å². The van der Waals surface area contributed by atoms with E-state index in [0.29, 0.717) is 5.92 Å². The Kier molecular flexibility index (Phi) is 20.9. The first-order chi connectivity index (χ1) is 14.5. The van der Waals surface area contributed by atoms with E-state index in [0.717, 1.165) is 17.9 Å². The summed E-state index contributed by atoms with van der Waals surface area (Å²) in [5, 5.41) is 0. The first-order valence-electron chi connectivity index (χ1n) is 13.3. The number of rotatable bonds is 21. The van der Waals surface area contributed by atoms with Gasteiger partial charge in [0.15, 0.2) is 0 Å². The van der Waals surface area contributed by atoms with Crippen molar-refractivity contribution in [3.63, 3.8) is 0 Å². The molecule has 2 heteroatoms. The number of unbranched alkanes of at least 4 members (excludes halogenated alkanes) is 15. The number of carbonyl (C=O) groups is 1. The van der Waals surface area contributed by atoms with Crippen LogP contribution >= 0.6 is 0 Å². The third kappa shape index (κ3) is 19.2. The fourth-order valence-corrected chi connectivity index (χ4v) is 4.52. The zero-order valence-corrected chi connectivity index (χ0v) is 21.3. The molecule has 0 radical (unpaired) electrons. The molecule has 0 aromatic rings. The molecular formula is C28H54O2. The van der Waals surface area contributed by atoms with Crippen molar-refractivity contribution in [3.8, 4) is 0 Å². The molecule has 0 heterocycles. The van der Waals surface area contributed by atoms with E-state index in [9.17, 15) is 4.79 Å². The van der Waals surface area contributed by atoms with Crippen LogP contribution in [0.1, 0.15) is 143 Å². The van der Waals surface area contributed by atoms with Crippen molar-refractivity contribution < 1.29 is 9.53 Å². The second kappa shape index (κ2) is 21.4. The van der Waals surface area contributed by atoms with Crippen LogP contribution in [0.5, 0.6) is 0 Å². The lowest BCUT2D eigenvalue weighted by atomic mass is 9.91. The molecule has 0 spiro atoms. The molecule has 0 aromatic heterocycles. The summed E-state index contributed by atoms with van der Waals surface area (Å²) in [7, 11) is 1.45. The molecule has 0 bridgehead atoms. The fourth-order valence-electron chi connectivity index (χ4n) is 4.52. The zero-order chi connectivity index (χ0) is 22.5. The number of hydrogen-bond acceptors (Lipinski definition) is 2. The molecule has 0 N–H and O–H groups in total. The van der Waals surface area contributed by atoms with Gasteiger partial charge in [-0.15, -0.1) is 0 Å². The number of hydrogen-bond donors (Lipinski definition) is 0. The molecule has 0 aliphatic rings. The second-order valence-electron chi connectivity index (χ2n) is 9.75. The van der Waals surface area contributed by atoms with Crippen molar-refractivity contribution >= 4 is 5.97 Å². The monoisotopic (exact) mass is 422 g/mol. The van der Waals surface area contributed by atoms with Crippen LogP contribution in [-0.4, -0.2) is 13.1 Å². The van der Waals surface area contributed by atoms with Crippen molar-refractivity contribution in [1.29, 1.82) is 0 Å². The van der Waals surface area contributed by atoms with Crippen LogP contribution in [0, 0.1) is 11.8 Å². The van der Waals surface area contributed by atoms with E-state index in [2.05, 4.69) is 26.8 Å². The molecule has 2 atom stereocenters. The molecule has 30 heavy (non-hydrogen) atoms. The maximum Gasteiger partial charge on any atom is 0.333 e. The van der Waals surface area contributed by atoms with Crippen LogP contribution in [0.3, 0.4) is 0 Å². The minimum Gasteiger partial charge on any atom is -0.466 e. The standard InChI is InChI=1S/C28H54O2/c1-6-7-8-9-10-11-12-13-14-15-16-17-18-19-20-21-22-25(2)23-26(3)24-27(4)28(29)30-5/h24-26H,6-23H2,1-5H3/b27-24+/t25-,26-/m0/s1. The van der Waals surface area contributed by atoms with Crippen molar-refractivity contribution in [1.82, 2.24) is 0 Å². The Morgan fingerprint density at radius 2 is 1.13 bits per heavy atom. The molecule has 0 rings (SSSR count). The maximum atomic E-state index is 11.5. The average molecular weight is 423 g/mol. The molecule has 0 amide bonds. The van der Waals surface area contributed by atoms with Gasteiger partial charge in [-0.05, 0) is 25.2 Å². The molecule has 0 unspecified atom stereocenters. The van der Waals surface area contributed by atoms with E-state index in [1.807, 2.05) is 6.92 Å². The molecule has 2 nitrogen and oxygen atoms in total. The topological polar surface area (TPSA) is 26.3 Å². The Morgan fingerprint density at radius 1 is 0.733 bits per heavy atom. The first kappa shape index (κ1) is 29.2. The van der Waals surface area contributed by atoms with Crippen molar-refractivity contribution in [2.75, 3.05) is 7.11 Å². The minimum absolute atomic E-state index is 0.202. The van der Waals surface area contributed by atoms with E-state index in [1.165, 1.54) is 116 Å². The van der Waals surface area contributed by atoms with Gasteiger partial charge >= 0.3 is 5.97 Å². The van der Waals surface area contributed by atoms with Gasteiger partial charge in [-0.3, -0.25) is 0 Å². The van der Waals surface area contributed by atoms with Crippen LogP contribution in [0.15, 0.2) is 11.6 Å². The second-order valence-corrected chi connectivity index (χ2v) is 9.75. The smallest absolute Gasteiger partial charge is 0.333 e. The summed E-state index contributed by atoms with van der Waals surface area (Å²) in [5.41, 5.74) is 0.736. The number of methoxy groups -OCH3 is 1. The van der Waals surface area contributed by atoms with Crippen LogP contribution in [-0.2, 0) is 9.53 Å². The molecule has 0 aliphatic carbocycles. The van der Waals surface area contributed by atoms with Gasteiger partial charge in [-0.2, -0.15) is 0 Å². The highest BCUT2D eigenvalue weighted by Crippen LogP contribution is 2.21. The summed E-state index contributed by atoms with van der Waals surface area (Å²) in [4.78, 5) is 11.5. The van der Waals surface area contributed by atoms with Crippen LogP contribution in [0.25, 0.3) is 0 Å². The Balaban J connectivity index is 3.40. The average Bonchev–Trinajstić information content (AvgIpc) is 2.72. The highest BCUT2D eigenvalue weighted by molar-refractivity contribution is 5.87. The number of carbonyl (C=O) groups excluding carboxylic acids is 1. The Labute approximate surface area is 189 Å². The predicted octanol–water partition coefficient (Wildman–Crippen LogP) is 9.42. The Bertz CT molecular complexity index is 413. The Morgan fingerprint density at radius 3 is 1.53 bits per heavy atom. The summed E-state index contributed by atoms with van der Waals surface area (Å²) in [6.07, 6.45) is 27.4. The largest absolute Gasteiger partial charge is 0.466 e. The van der Waals surface area contributed by atoms with E-state index in [4.69, 9.17) is 4.74 Å². The summed E-state index contributed by atoms with van der Waals surface area (Å²) < 4.78 is 4.77. The normalized spacial score (nSPS) is 14.0. The Hall–Kier alpha value is -0.790. The number of esters is 1. The molecule has 0 aliphatic heterocycles. The van der Waals surface area contributed by atoms with Gasteiger partial charge in [-0.25, -0.2) is 4.79 Å². The fraction of sp³-hybridized carbons (Fsp3) is 0.893. The van der Waals surface area contributed by atoms with Crippen molar-refractivity contribution in [2.45, 2.75) is 143 Å². The lowest BCUT2D eigenvalue weighted by Gasteiger charge is -2.15. The minimum atomic E-state index is -0.202. The van der Waals surface area contributed by atoms with Crippen LogP contribution in [0.2, 0.25) is 0 Å². The molecular weight excluding hydrogens is 368 g/mol. The lowest BCUT2D eigenvalue weighted by molar-refractivity contribution is -0.136. The number of allylic oxidation sites excluding steroid dienone is 1. The van der Waals surface area contributed by atoms with Gasteiger partial charge < -0.3 is 4.74 Å². The van der Waals surface area contributed by atoms with E-state index in [-0.39, 0.29) is 5.97 Å². The highest BCUT2D eigenvalue weighted by Gasteiger charge is 2.10. The summed E-state index contributed by atoms with van der Waals surface area (Å²) in [6, 6.07) is 0. The predicted molar refractivity (Wildman–Crippen MR) is 133 cm³/mol.